The highest BCUT2D eigenvalue weighted by Crippen LogP contribution is 2.25. The third-order valence-corrected chi connectivity index (χ3v) is 3.58. The molecule has 0 saturated heterocycles. The number of nitrogens with one attached hydrogen (secondary N) is 1. The molecule has 1 N–H and O–H groups in total. The Morgan fingerprint density at radius 3 is 2.41 bits per heavy atom. The van der Waals surface area contributed by atoms with E-state index in [1.165, 1.54) is 18.2 Å². The van der Waals surface area contributed by atoms with Crippen LogP contribution in [0.25, 0.3) is 0 Å². The highest BCUT2D eigenvalue weighted by molar-refractivity contribution is 7.09. The predicted octanol–water partition coefficient (Wildman–Crippen LogP) is 3.53. The minimum Gasteiger partial charge on any atom is -0.313 e. The van der Waals surface area contributed by atoms with Gasteiger partial charge < -0.3 is 5.32 Å². The van der Waals surface area contributed by atoms with Crippen molar-refractivity contribution >= 4 is 11.3 Å². The van der Waals surface area contributed by atoms with Crippen LogP contribution in [0.3, 0.4) is 0 Å². The zero-order valence-electron chi connectivity index (χ0n) is 9.41. The highest BCUT2D eigenvalue weighted by atomic mass is 32.1. The Morgan fingerprint density at radius 1 is 1.18 bits per heavy atom. The lowest BCUT2D eigenvalue weighted by molar-refractivity contribution is 0.491. The second-order valence-corrected chi connectivity index (χ2v) is 4.79. The van der Waals surface area contributed by atoms with Gasteiger partial charge in [-0.25, -0.2) is 8.78 Å². The van der Waals surface area contributed by atoms with Gasteiger partial charge >= 0.3 is 0 Å². The second-order valence-electron chi connectivity index (χ2n) is 3.76. The van der Waals surface area contributed by atoms with Crippen LogP contribution in [0.15, 0.2) is 35.7 Å². The summed E-state index contributed by atoms with van der Waals surface area (Å²) in [5.41, 5.74) is 0.114. The number of hydrogen-bond acceptors (Lipinski definition) is 2. The Morgan fingerprint density at radius 2 is 1.88 bits per heavy atom. The molecule has 0 saturated carbocycles. The van der Waals surface area contributed by atoms with Crippen molar-refractivity contribution in [3.05, 3.63) is 57.8 Å². The number of hydrogen-bond donors (Lipinski definition) is 1. The van der Waals surface area contributed by atoms with E-state index in [0.717, 1.165) is 4.88 Å². The SMILES string of the molecule is CNC(Cc1cccs1)c1c(F)cccc1F. The van der Waals surface area contributed by atoms with Crippen LogP contribution in [0.1, 0.15) is 16.5 Å². The van der Waals surface area contributed by atoms with Gasteiger partial charge in [0.15, 0.2) is 0 Å². The largest absolute Gasteiger partial charge is 0.313 e. The first-order valence-electron chi connectivity index (χ1n) is 5.36. The van der Waals surface area contributed by atoms with Gasteiger partial charge in [0.1, 0.15) is 11.6 Å². The van der Waals surface area contributed by atoms with Crippen LogP contribution in [-0.2, 0) is 6.42 Å². The average Bonchev–Trinajstić information content (AvgIpc) is 2.80. The van der Waals surface area contributed by atoms with Crippen molar-refractivity contribution < 1.29 is 8.78 Å². The molecule has 1 atom stereocenters. The summed E-state index contributed by atoms with van der Waals surface area (Å²) in [4.78, 5) is 1.10. The lowest BCUT2D eigenvalue weighted by atomic mass is 10.0. The molecule has 90 valence electrons. The summed E-state index contributed by atoms with van der Waals surface area (Å²) in [6.45, 7) is 0. The molecule has 4 heteroatoms. The number of benzene rings is 1. The van der Waals surface area contributed by atoms with Crippen LogP contribution in [-0.4, -0.2) is 7.05 Å². The van der Waals surface area contributed by atoms with Crippen molar-refractivity contribution in [1.82, 2.24) is 5.32 Å². The molecule has 0 bridgehead atoms. The van der Waals surface area contributed by atoms with Crippen molar-refractivity contribution in [3.63, 3.8) is 0 Å². The number of thiophene rings is 1. The van der Waals surface area contributed by atoms with Crippen molar-refractivity contribution in [2.24, 2.45) is 0 Å². The van der Waals surface area contributed by atoms with Gasteiger partial charge in [-0.15, -0.1) is 11.3 Å². The van der Waals surface area contributed by atoms with Crippen molar-refractivity contribution in [3.8, 4) is 0 Å². The Labute approximate surface area is 103 Å². The Kier molecular flexibility index (Phi) is 3.86. The lowest BCUT2D eigenvalue weighted by Gasteiger charge is -2.17. The van der Waals surface area contributed by atoms with Gasteiger partial charge in [-0.1, -0.05) is 12.1 Å². The molecule has 0 fully saturated rings. The van der Waals surface area contributed by atoms with Crippen LogP contribution in [0.4, 0.5) is 8.78 Å². The van der Waals surface area contributed by atoms with E-state index in [2.05, 4.69) is 5.32 Å². The standard InChI is InChI=1S/C13H13F2NS/c1-16-12(8-9-4-3-7-17-9)13-10(14)5-2-6-11(13)15/h2-7,12,16H,8H2,1H3. The molecule has 1 heterocycles. The van der Waals surface area contributed by atoms with Crippen LogP contribution < -0.4 is 5.32 Å². The summed E-state index contributed by atoms with van der Waals surface area (Å²) in [5, 5.41) is 4.92. The van der Waals surface area contributed by atoms with Crippen molar-refractivity contribution in [2.75, 3.05) is 7.05 Å². The molecule has 0 radical (unpaired) electrons. The van der Waals surface area contributed by atoms with Gasteiger partial charge in [0.05, 0.1) is 0 Å². The number of rotatable bonds is 4. The molecular formula is C13H13F2NS. The molecular weight excluding hydrogens is 240 g/mol. The first kappa shape index (κ1) is 12.2. The van der Waals surface area contributed by atoms with E-state index >= 15 is 0 Å². The molecule has 1 aromatic carbocycles. The monoisotopic (exact) mass is 253 g/mol. The summed E-state index contributed by atoms with van der Waals surface area (Å²) in [5.74, 6) is -0.998. The summed E-state index contributed by atoms with van der Waals surface area (Å²) in [7, 11) is 1.71. The molecule has 0 aliphatic heterocycles. The number of halogens is 2. The molecule has 17 heavy (non-hydrogen) atoms. The summed E-state index contributed by atoms with van der Waals surface area (Å²) in [6, 6.07) is 7.52. The van der Waals surface area contributed by atoms with E-state index in [-0.39, 0.29) is 11.6 Å². The zero-order chi connectivity index (χ0) is 12.3. The molecule has 1 aromatic heterocycles. The average molecular weight is 253 g/mol. The van der Waals surface area contributed by atoms with Gasteiger partial charge in [0.25, 0.3) is 0 Å². The van der Waals surface area contributed by atoms with Gasteiger partial charge in [0.2, 0.25) is 0 Å². The normalized spacial score (nSPS) is 12.6. The van der Waals surface area contributed by atoms with Crippen LogP contribution in [0, 0.1) is 11.6 Å². The van der Waals surface area contributed by atoms with E-state index in [1.54, 1.807) is 18.4 Å². The molecule has 0 amide bonds. The lowest BCUT2D eigenvalue weighted by Crippen LogP contribution is -2.21. The molecule has 0 spiro atoms. The van der Waals surface area contributed by atoms with Crippen molar-refractivity contribution in [1.29, 1.82) is 0 Å². The van der Waals surface area contributed by atoms with E-state index < -0.39 is 11.6 Å². The third kappa shape index (κ3) is 2.70. The molecule has 0 aliphatic carbocycles. The smallest absolute Gasteiger partial charge is 0.130 e. The quantitative estimate of drug-likeness (QED) is 0.879. The van der Waals surface area contributed by atoms with E-state index in [1.807, 2.05) is 17.5 Å². The minimum absolute atomic E-state index is 0.114. The number of likely N-dealkylation sites (N-methyl/N-ethyl adjacent to an activating group) is 1. The van der Waals surface area contributed by atoms with Gasteiger partial charge in [-0.2, -0.15) is 0 Å². The Hall–Kier alpha value is -1.26. The maximum Gasteiger partial charge on any atom is 0.130 e. The van der Waals surface area contributed by atoms with E-state index in [4.69, 9.17) is 0 Å². The molecule has 1 nitrogen and oxygen atoms in total. The fourth-order valence-corrected chi connectivity index (χ4v) is 2.57. The van der Waals surface area contributed by atoms with Crippen LogP contribution >= 0.6 is 11.3 Å². The Bertz CT molecular complexity index is 462. The fourth-order valence-electron chi connectivity index (χ4n) is 1.82. The topological polar surface area (TPSA) is 12.0 Å². The summed E-state index contributed by atoms with van der Waals surface area (Å²) < 4.78 is 27.3. The first-order valence-corrected chi connectivity index (χ1v) is 6.24. The Balaban J connectivity index is 2.29. The molecule has 2 rings (SSSR count). The summed E-state index contributed by atoms with van der Waals surface area (Å²) in [6.07, 6.45) is 0.589. The third-order valence-electron chi connectivity index (χ3n) is 2.68. The molecule has 1 unspecified atom stereocenters. The van der Waals surface area contributed by atoms with Crippen LogP contribution in [0.5, 0.6) is 0 Å². The summed E-state index contributed by atoms with van der Waals surface area (Å²) >= 11 is 1.59. The van der Waals surface area contributed by atoms with Gasteiger partial charge in [-0.3, -0.25) is 0 Å². The molecule has 2 aromatic rings. The second kappa shape index (κ2) is 5.38. The maximum absolute atomic E-state index is 13.6. The highest BCUT2D eigenvalue weighted by Gasteiger charge is 2.19. The maximum atomic E-state index is 13.6. The van der Waals surface area contributed by atoms with Gasteiger partial charge in [0, 0.05) is 22.9 Å². The predicted molar refractivity (Wildman–Crippen MR) is 66.2 cm³/mol. The van der Waals surface area contributed by atoms with Gasteiger partial charge in [-0.05, 0) is 30.6 Å². The molecule has 0 aliphatic rings. The minimum atomic E-state index is -0.499. The first-order chi connectivity index (χ1) is 8.22. The van der Waals surface area contributed by atoms with E-state index in [9.17, 15) is 8.78 Å². The van der Waals surface area contributed by atoms with Crippen molar-refractivity contribution in [2.45, 2.75) is 12.5 Å². The van der Waals surface area contributed by atoms with Crippen LogP contribution in [0.2, 0.25) is 0 Å². The fraction of sp³-hybridized carbons (Fsp3) is 0.231. The zero-order valence-corrected chi connectivity index (χ0v) is 10.2. The van der Waals surface area contributed by atoms with E-state index in [0.29, 0.717) is 6.42 Å².